The monoisotopic (exact) mass is 263 g/mol. The van der Waals surface area contributed by atoms with Crippen molar-refractivity contribution >= 4 is 11.7 Å². The number of aromatic nitrogens is 2. The molecule has 2 rings (SSSR count). The molecule has 1 heterocycles. The van der Waals surface area contributed by atoms with Crippen LogP contribution in [0, 0.1) is 11.3 Å². The lowest BCUT2D eigenvalue weighted by Crippen LogP contribution is -2.38. The maximum Gasteiger partial charge on any atom is 0.147 e. The summed E-state index contributed by atoms with van der Waals surface area (Å²) in [5.41, 5.74) is 5.80. The Morgan fingerprint density at radius 3 is 2.74 bits per heavy atom. The van der Waals surface area contributed by atoms with Crippen LogP contribution in [0.3, 0.4) is 0 Å². The number of hydrogen-bond acceptors (Lipinski definition) is 5. The molecule has 1 aromatic rings. The number of nitrogens with two attached hydrogens (primary N) is 1. The van der Waals surface area contributed by atoms with Crippen molar-refractivity contribution in [1.82, 2.24) is 9.97 Å². The molecule has 104 valence electrons. The van der Waals surface area contributed by atoms with Gasteiger partial charge in [-0.15, -0.1) is 0 Å². The highest BCUT2D eigenvalue weighted by atomic mass is 16.5. The van der Waals surface area contributed by atoms with Gasteiger partial charge < -0.3 is 15.4 Å². The van der Waals surface area contributed by atoms with E-state index in [0.29, 0.717) is 18.3 Å². The molecular weight excluding hydrogens is 242 g/mol. The fourth-order valence-electron chi connectivity index (χ4n) is 2.16. The number of nitrogen functional groups attached to an aromatic ring is 1. The molecule has 19 heavy (non-hydrogen) atoms. The second-order valence-corrected chi connectivity index (χ2v) is 4.94. The van der Waals surface area contributed by atoms with Gasteiger partial charge in [0, 0.05) is 19.7 Å². The maximum atomic E-state index is 7.33. The van der Waals surface area contributed by atoms with Crippen LogP contribution in [0.4, 0.5) is 5.82 Å². The summed E-state index contributed by atoms with van der Waals surface area (Å²) in [5.74, 6) is 1.50. The van der Waals surface area contributed by atoms with Crippen LogP contribution in [-0.4, -0.2) is 42.1 Å². The molecule has 0 radical (unpaired) electrons. The molecule has 0 spiro atoms. The summed E-state index contributed by atoms with van der Waals surface area (Å²) in [4.78, 5) is 10.8. The Bertz CT molecular complexity index is 429. The van der Waals surface area contributed by atoms with Gasteiger partial charge in [-0.1, -0.05) is 0 Å². The topological polar surface area (TPSA) is 88.1 Å². The molecule has 3 N–H and O–H groups in total. The molecule has 1 aromatic heterocycles. The third kappa shape index (κ3) is 3.41. The van der Waals surface area contributed by atoms with Crippen LogP contribution in [0.25, 0.3) is 0 Å². The van der Waals surface area contributed by atoms with E-state index in [1.807, 2.05) is 0 Å². The largest absolute Gasteiger partial charge is 0.383 e. The van der Waals surface area contributed by atoms with Gasteiger partial charge >= 0.3 is 0 Å². The highest BCUT2D eigenvalue weighted by molar-refractivity contribution is 5.92. The van der Waals surface area contributed by atoms with E-state index in [-0.39, 0.29) is 5.84 Å². The van der Waals surface area contributed by atoms with E-state index >= 15 is 0 Å². The number of rotatable bonds is 7. The molecule has 0 bridgehead atoms. The van der Waals surface area contributed by atoms with Crippen LogP contribution in [0.15, 0.2) is 12.4 Å². The molecule has 1 fully saturated rings. The molecule has 6 nitrogen and oxygen atoms in total. The summed E-state index contributed by atoms with van der Waals surface area (Å²) in [7, 11) is 1.70. The van der Waals surface area contributed by atoms with E-state index in [0.717, 1.165) is 18.3 Å². The Hall–Kier alpha value is -1.69. The number of nitrogens with zero attached hydrogens (tertiary/aromatic N) is 3. The molecular formula is C13H21N5O. The molecule has 0 aromatic carbocycles. The van der Waals surface area contributed by atoms with E-state index in [4.69, 9.17) is 15.9 Å². The second-order valence-electron chi connectivity index (χ2n) is 4.94. The van der Waals surface area contributed by atoms with Gasteiger partial charge in [-0.3, -0.25) is 5.41 Å². The van der Waals surface area contributed by atoms with Crippen molar-refractivity contribution < 1.29 is 4.74 Å². The Morgan fingerprint density at radius 1 is 1.53 bits per heavy atom. The van der Waals surface area contributed by atoms with E-state index in [1.165, 1.54) is 12.8 Å². The van der Waals surface area contributed by atoms with Gasteiger partial charge in [0.15, 0.2) is 0 Å². The zero-order valence-corrected chi connectivity index (χ0v) is 11.5. The summed E-state index contributed by atoms with van der Waals surface area (Å²) in [6.07, 6.45) is 5.80. The van der Waals surface area contributed by atoms with Crippen molar-refractivity contribution in [3.63, 3.8) is 0 Å². The minimum atomic E-state index is -0.0577. The Labute approximate surface area is 113 Å². The van der Waals surface area contributed by atoms with E-state index in [2.05, 4.69) is 21.8 Å². The lowest BCUT2D eigenvalue weighted by atomic mass is 10.2. The molecule has 1 aliphatic rings. The SMILES string of the molecule is COCCN(c1cnc(C(=N)N)cn1)C(C)C1CC1. The lowest BCUT2D eigenvalue weighted by molar-refractivity contribution is 0.202. The van der Waals surface area contributed by atoms with Gasteiger partial charge in [0.2, 0.25) is 0 Å². The predicted molar refractivity (Wildman–Crippen MR) is 74.5 cm³/mol. The molecule has 1 saturated carbocycles. The lowest BCUT2D eigenvalue weighted by Gasteiger charge is -2.30. The first-order valence-corrected chi connectivity index (χ1v) is 6.55. The summed E-state index contributed by atoms with van der Waals surface area (Å²) in [5, 5.41) is 7.33. The van der Waals surface area contributed by atoms with Crippen molar-refractivity contribution in [1.29, 1.82) is 5.41 Å². The van der Waals surface area contributed by atoms with Crippen LogP contribution in [0.2, 0.25) is 0 Å². The highest BCUT2D eigenvalue weighted by Crippen LogP contribution is 2.36. The average Bonchev–Trinajstić information content (AvgIpc) is 3.23. The Morgan fingerprint density at radius 2 is 2.26 bits per heavy atom. The normalized spacial score (nSPS) is 16.1. The third-order valence-corrected chi connectivity index (χ3v) is 3.54. The van der Waals surface area contributed by atoms with Crippen molar-refractivity contribution in [2.75, 3.05) is 25.2 Å². The van der Waals surface area contributed by atoms with Crippen LogP contribution in [-0.2, 0) is 4.74 Å². The zero-order chi connectivity index (χ0) is 13.8. The van der Waals surface area contributed by atoms with Crippen molar-refractivity contribution in [2.45, 2.75) is 25.8 Å². The Balaban J connectivity index is 2.13. The molecule has 1 atom stereocenters. The minimum absolute atomic E-state index is 0.0577. The maximum absolute atomic E-state index is 7.33. The third-order valence-electron chi connectivity index (χ3n) is 3.54. The highest BCUT2D eigenvalue weighted by Gasteiger charge is 2.32. The molecule has 1 aliphatic carbocycles. The quantitative estimate of drug-likeness (QED) is 0.566. The zero-order valence-electron chi connectivity index (χ0n) is 11.5. The van der Waals surface area contributed by atoms with Gasteiger partial charge in [-0.2, -0.15) is 0 Å². The van der Waals surface area contributed by atoms with Crippen molar-refractivity contribution in [2.24, 2.45) is 11.7 Å². The number of amidine groups is 1. The van der Waals surface area contributed by atoms with Crippen LogP contribution in [0.5, 0.6) is 0 Å². The standard InChI is InChI=1S/C13H21N5O/c1-9(10-3-4-10)18(5-6-19-2)12-8-16-11(7-17-12)13(14)15/h7-10H,3-6H2,1-2H3,(H3,14,15). The summed E-state index contributed by atoms with van der Waals surface area (Å²) >= 11 is 0. The average molecular weight is 263 g/mol. The fourth-order valence-corrected chi connectivity index (χ4v) is 2.16. The Kier molecular flexibility index (Phi) is 4.31. The molecule has 0 aliphatic heterocycles. The number of anilines is 1. The van der Waals surface area contributed by atoms with Crippen molar-refractivity contribution in [3.05, 3.63) is 18.1 Å². The minimum Gasteiger partial charge on any atom is -0.383 e. The van der Waals surface area contributed by atoms with Crippen LogP contribution in [0.1, 0.15) is 25.5 Å². The fraction of sp³-hybridized carbons (Fsp3) is 0.615. The van der Waals surface area contributed by atoms with Crippen LogP contribution >= 0.6 is 0 Å². The first-order chi connectivity index (χ1) is 9.13. The first-order valence-electron chi connectivity index (χ1n) is 6.55. The van der Waals surface area contributed by atoms with E-state index in [9.17, 15) is 0 Å². The van der Waals surface area contributed by atoms with Gasteiger partial charge in [0.1, 0.15) is 17.3 Å². The number of nitrogens with one attached hydrogen (secondary N) is 1. The van der Waals surface area contributed by atoms with Crippen molar-refractivity contribution in [3.8, 4) is 0 Å². The second kappa shape index (κ2) is 5.97. The first kappa shape index (κ1) is 13.7. The summed E-state index contributed by atoms with van der Waals surface area (Å²) < 4.78 is 5.16. The smallest absolute Gasteiger partial charge is 0.147 e. The number of ether oxygens (including phenoxy) is 1. The number of methoxy groups -OCH3 is 1. The van der Waals surface area contributed by atoms with Gasteiger partial charge in [0.05, 0.1) is 19.0 Å². The van der Waals surface area contributed by atoms with Gasteiger partial charge in [-0.25, -0.2) is 9.97 Å². The summed E-state index contributed by atoms with van der Waals surface area (Å²) in [6.45, 7) is 3.67. The molecule has 0 saturated heterocycles. The molecule has 6 heteroatoms. The predicted octanol–water partition coefficient (Wildman–Crippen LogP) is 1.01. The van der Waals surface area contributed by atoms with Gasteiger partial charge in [0.25, 0.3) is 0 Å². The van der Waals surface area contributed by atoms with Gasteiger partial charge in [-0.05, 0) is 25.7 Å². The molecule has 0 amide bonds. The molecule has 1 unspecified atom stereocenters. The van der Waals surface area contributed by atoms with E-state index in [1.54, 1.807) is 19.5 Å². The number of hydrogen-bond donors (Lipinski definition) is 2. The van der Waals surface area contributed by atoms with Crippen LogP contribution < -0.4 is 10.6 Å². The van der Waals surface area contributed by atoms with E-state index < -0.39 is 0 Å². The summed E-state index contributed by atoms with van der Waals surface area (Å²) in [6, 6.07) is 0.438.